The van der Waals surface area contributed by atoms with Crippen molar-refractivity contribution < 1.29 is 4.74 Å². The lowest BCUT2D eigenvalue weighted by molar-refractivity contribution is 0.111. The third kappa shape index (κ3) is 3.17. The number of thiazole rings is 1. The minimum atomic E-state index is -0.101. The van der Waals surface area contributed by atoms with E-state index in [4.69, 9.17) is 4.74 Å². The van der Waals surface area contributed by atoms with Gasteiger partial charge in [-0.3, -0.25) is 4.79 Å². The average molecular weight is 345 g/mol. The van der Waals surface area contributed by atoms with Crippen LogP contribution in [0.1, 0.15) is 29.6 Å². The molecule has 1 aromatic carbocycles. The molecule has 1 atom stereocenters. The van der Waals surface area contributed by atoms with Crippen molar-refractivity contribution in [2.75, 3.05) is 6.61 Å². The van der Waals surface area contributed by atoms with Gasteiger partial charge in [0.1, 0.15) is 11.1 Å². The van der Waals surface area contributed by atoms with Crippen LogP contribution in [0.4, 0.5) is 0 Å². The molecule has 7 heteroatoms. The number of thioether (sulfide) groups is 1. The van der Waals surface area contributed by atoms with Gasteiger partial charge in [0.05, 0.1) is 16.6 Å². The molecule has 23 heavy (non-hydrogen) atoms. The molecule has 1 saturated heterocycles. The lowest BCUT2D eigenvalue weighted by atomic mass is 10.2. The standard InChI is InChI=1S/C16H15N3O2S2/c20-14-11-4-1-2-5-12(11)18-16(19-14)23-9-10-8-22-15(17-10)13-6-3-7-21-13/h1-2,4-5,8,13H,3,6-7,9H2,(H,18,19,20). The molecular formula is C16H15N3O2S2. The van der Waals surface area contributed by atoms with Crippen molar-refractivity contribution in [1.29, 1.82) is 0 Å². The van der Waals surface area contributed by atoms with Crippen molar-refractivity contribution in [3.8, 4) is 0 Å². The zero-order valence-electron chi connectivity index (χ0n) is 12.3. The highest BCUT2D eigenvalue weighted by Crippen LogP contribution is 2.31. The van der Waals surface area contributed by atoms with Crippen LogP contribution in [0.3, 0.4) is 0 Å². The first-order valence-electron chi connectivity index (χ1n) is 7.47. The maximum absolute atomic E-state index is 12.0. The number of nitrogens with zero attached hydrogens (tertiary/aromatic N) is 2. The van der Waals surface area contributed by atoms with Crippen LogP contribution in [0.25, 0.3) is 10.9 Å². The number of nitrogens with one attached hydrogen (secondary N) is 1. The Hall–Kier alpha value is -1.70. The number of aromatic amines is 1. The summed E-state index contributed by atoms with van der Waals surface area (Å²) in [6.45, 7) is 0.830. The second kappa shape index (κ2) is 6.43. The Kier molecular flexibility index (Phi) is 4.15. The number of fused-ring (bicyclic) bond motifs is 1. The number of para-hydroxylation sites is 1. The molecule has 0 spiro atoms. The smallest absolute Gasteiger partial charge is 0.259 e. The van der Waals surface area contributed by atoms with E-state index in [0.717, 1.165) is 35.7 Å². The molecule has 1 fully saturated rings. The second-order valence-corrected chi connectivity index (χ2v) is 7.21. The van der Waals surface area contributed by atoms with E-state index in [-0.39, 0.29) is 11.7 Å². The molecule has 1 aliphatic heterocycles. The summed E-state index contributed by atoms with van der Waals surface area (Å²) >= 11 is 3.14. The fraction of sp³-hybridized carbons (Fsp3) is 0.312. The number of aromatic nitrogens is 3. The van der Waals surface area contributed by atoms with E-state index in [1.54, 1.807) is 17.4 Å². The van der Waals surface area contributed by atoms with Crippen molar-refractivity contribution >= 4 is 34.0 Å². The fourth-order valence-electron chi connectivity index (χ4n) is 2.58. The monoisotopic (exact) mass is 345 g/mol. The van der Waals surface area contributed by atoms with Gasteiger partial charge in [-0.2, -0.15) is 0 Å². The molecular weight excluding hydrogens is 330 g/mol. The van der Waals surface area contributed by atoms with E-state index in [0.29, 0.717) is 16.3 Å². The van der Waals surface area contributed by atoms with Crippen molar-refractivity contribution in [3.63, 3.8) is 0 Å². The molecule has 3 heterocycles. The topological polar surface area (TPSA) is 67.9 Å². The second-order valence-electron chi connectivity index (χ2n) is 5.36. The maximum atomic E-state index is 12.0. The van der Waals surface area contributed by atoms with Gasteiger partial charge in [0.25, 0.3) is 5.56 Å². The van der Waals surface area contributed by atoms with E-state index in [1.807, 2.05) is 18.2 Å². The van der Waals surface area contributed by atoms with Crippen LogP contribution >= 0.6 is 23.1 Å². The molecule has 0 bridgehead atoms. The van der Waals surface area contributed by atoms with Crippen LogP contribution in [0.2, 0.25) is 0 Å². The molecule has 3 aromatic rings. The van der Waals surface area contributed by atoms with E-state index < -0.39 is 0 Å². The molecule has 2 aromatic heterocycles. The first-order chi connectivity index (χ1) is 11.3. The van der Waals surface area contributed by atoms with Gasteiger partial charge < -0.3 is 9.72 Å². The SMILES string of the molecule is O=c1[nH]c(SCc2csc(C3CCCO3)n2)nc2ccccc12. The van der Waals surface area contributed by atoms with Crippen molar-refractivity contribution in [2.24, 2.45) is 0 Å². The molecule has 0 amide bonds. The van der Waals surface area contributed by atoms with Gasteiger partial charge in [-0.15, -0.1) is 11.3 Å². The summed E-state index contributed by atoms with van der Waals surface area (Å²) in [5.74, 6) is 0.685. The highest BCUT2D eigenvalue weighted by atomic mass is 32.2. The van der Waals surface area contributed by atoms with Gasteiger partial charge in [0, 0.05) is 17.7 Å². The normalized spacial score (nSPS) is 17.8. The number of ether oxygens (including phenoxy) is 1. The quantitative estimate of drug-likeness (QED) is 0.579. The lowest BCUT2D eigenvalue weighted by Gasteiger charge is -2.04. The number of benzene rings is 1. The summed E-state index contributed by atoms with van der Waals surface area (Å²) in [7, 11) is 0. The third-order valence-corrected chi connectivity index (χ3v) is 5.62. The third-order valence-electron chi connectivity index (χ3n) is 3.72. The molecule has 4 rings (SSSR count). The summed E-state index contributed by atoms with van der Waals surface area (Å²) in [5.41, 5.74) is 1.62. The fourth-order valence-corrected chi connectivity index (χ4v) is 4.35. The average Bonchev–Trinajstić information content (AvgIpc) is 3.24. The van der Waals surface area contributed by atoms with Gasteiger partial charge in [0.2, 0.25) is 0 Å². The minimum Gasteiger partial charge on any atom is -0.371 e. The van der Waals surface area contributed by atoms with Gasteiger partial charge in [-0.05, 0) is 25.0 Å². The summed E-state index contributed by atoms with van der Waals surface area (Å²) in [5, 5.41) is 4.35. The Morgan fingerprint density at radius 1 is 1.35 bits per heavy atom. The van der Waals surface area contributed by atoms with Crippen LogP contribution in [0.15, 0.2) is 39.6 Å². The molecule has 118 valence electrons. The molecule has 0 aliphatic carbocycles. The van der Waals surface area contributed by atoms with Crippen LogP contribution in [-0.4, -0.2) is 21.6 Å². The van der Waals surface area contributed by atoms with Crippen molar-refractivity contribution in [3.05, 3.63) is 50.7 Å². The highest BCUT2D eigenvalue weighted by molar-refractivity contribution is 7.98. The van der Waals surface area contributed by atoms with Crippen LogP contribution in [-0.2, 0) is 10.5 Å². The lowest BCUT2D eigenvalue weighted by Crippen LogP contribution is -2.08. The summed E-state index contributed by atoms with van der Waals surface area (Å²) in [4.78, 5) is 24.0. The molecule has 1 aliphatic rings. The van der Waals surface area contributed by atoms with Crippen LogP contribution in [0.5, 0.6) is 0 Å². The molecule has 0 radical (unpaired) electrons. The number of rotatable bonds is 4. The van der Waals surface area contributed by atoms with Crippen LogP contribution in [0, 0.1) is 0 Å². The van der Waals surface area contributed by atoms with Crippen molar-refractivity contribution in [1.82, 2.24) is 15.0 Å². The van der Waals surface area contributed by atoms with Gasteiger partial charge in [0.15, 0.2) is 5.16 Å². The number of hydrogen-bond donors (Lipinski definition) is 1. The zero-order valence-corrected chi connectivity index (χ0v) is 14.0. The van der Waals surface area contributed by atoms with E-state index in [9.17, 15) is 4.79 Å². The number of hydrogen-bond acceptors (Lipinski definition) is 6. The van der Waals surface area contributed by atoms with Gasteiger partial charge in [-0.1, -0.05) is 23.9 Å². The van der Waals surface area contributed by atoms with Gasteiger partial charge in [-0.25, -0.2) is 9.97 Å². The first kappa shape index (κ1) is 14.9. The van der Waals surface area contributed by atoms with E-state index in [2.05, 4.69) is 20.3 Å². The highest BCUT2D eigenvalue weighted by Gasteiger charge is 2.20. The Morgan fingerprint density at radius 2 is 2.26 bits per heavy atom. The van der Waals surface area contributed by atoms with Gasteiger partial charge >= 0.3 is 0 Å². The minimum absolute atomic E-state index is 0.101. The maximum Gasteiger partial charge on any atom is 0.259 e. The Balaban J connectivity index is 1.49. The predicted molar refractivity (Wildman–Crippen MR) is 92.0 cm³/mol. The molecule has 5 nitrogen and oxygen atoms in total. The first-order valence-corrected chi connectivity index (χ1v) is 9.34. The largest absolute Gasteiger partial charge is 0.371 e. The Labute approximate surface area is 141 Å². The Bertz CT molecular complexity index is 884. The summed E-state index contributed by atoms with van der Waals surface area (Å²) in [6, 6.07) is 7.36. The molecule has 0 saturated carbocycles. The summed E-state index contributed by atoms with van der Waals surface area (Å²) in [6.07, 6.45) is 2.33. The Morgan fingerprint density at radius 3 is 3.13 bits per heavy atom. The number of H-pyrrole nitrogens is 1. The molecule has 1 N–H and O–H groups in total. The van der Waals surface area contributed by atoms with Crippen molar-refractivity contribution in [2.45, 2.75) is 29.9 Å². The zero-order chi connectivity index (χ0) is 15.6. The summed E-state index contributed by atoms with van der Waals surface area (Å²) < 4.78 is 5.66. The van der Waals surface area contributed by atoms with E-state index >= 15 is 0 Å². The van der Waals surface area contributed by atoms with E-state index in [1.165, 1.54) is 11.8 Å². The van der Waals surface area contributed by atoms with Crippen LogP contribution < -0.4 is 5.56 Å². The molecule has 1 unspecified atom stereocenters. The predicted octanol–water partition coefficient (Wildman–Crippen LogP) is 3.52.